The fraction of sp³-hybridized carbons (Fsp3) is 0.231. The van der Waals surface area contributed by atoms with Crippen LogP contribution in [0.25, 0.3) is 10.9 Å². The summed E-state index contributed by atoms with van der Waals surface area (Å²) in [7, 11) is 0. The van der Waals surface area contributed by atoms with Gasteiger partial charge in [0.2, 0.25) is 5.43 Å². The van der Waals surface area contributed by atoms with Gasteiger partial charge in [0, 0.05) is 18.3 Å². The summed E-state index contributed by atoms with van der Waals surface area (Å²) in [6.45, 7) is 0. The first kappa shape index (κ1) is 12.8. The van der Waals surface area contributed by atoms with E-state index in [-0.39, 0.29) is 22.0 Å². The van der Waals surface area contributed by atoms with Crippen molar-refractivity contribution < 1.29 is 15.0 Å². The van der Waals surface area contributed by atoms with Crippen LogP contribution >= 0.6 is 11.6 Å². The number of hydrogen-bond acceptors (Lipinski definition) is 4. The molecule has 1 aliphatic rings. The molecule has 1 amide bonds. The molecular weight excluding hydrogens is 284 g/mol. The number of halogens is 1. The van der Waals surface area contributed by atoms with Gasteiger partial charge >= 0.3 is 0 Å². The third-order valence-electron chi connectivity index (χ3n) is 3.42. The Balaban J connectivity index is 2.52. The Labute approximate surface area is 118 Å². The quantitative estimate of drug-likeness (QED) is 0.730. The smallest absolute Gasteiger partial charge is 0.254 e. The van der Waals surface area contributed by atoms with Gasteiger partial charge in [-0.1, -0.05) is 11.6 Å². The second kappa shape index (κ2) is 4.14. The zero-order valence-electron chi connectivity index (χ0n) is 10.3. The number of primary amides is 1. The van der Waals surface area contributed by atoms with Crippen molar-refractivity contribution in [1.29, 1.82) is 0 Å². The lowest BCUT2D eigenvalue weighted by Gasteiger charge is -2.13. The maximum Gasteiger partial charge on any atom is 0.254 e. The molecule has 0 bridgehead atoms. The molecule has 7 heteroatoms. The number of hydrogen-bond donors (Lipinski definition) is 3. The SMILES string of the molecule is NC(=O)c1cn(C2CC2)c2cc(O)c(O)c(Cl)c2c1=O. The monoisotopic (exact) mass is 294 g/mol. The third kappa shape index (κ3) is 1.72. The van der Waals surface area contributed by atoms with Gasteiger partial charge in [-0.2, -0.15) is 0 Å². The van der Waals surface area contributed by atoms with Crippen LogP contribution in [0, 0.1) is 0 Å². The van der Waals surface area contributed by atoms with Gasteiger partial charge in [-0.15, -0.1) is 0 Å². The van der Waals surface area contributed by atoms with Gasteiger partial charge < -0.3 is 20.5 Å². The number of aromatic nitrogens is 1. The van der Waals surface area contributed by atoms with Crippen LogP contribution in [0.5, 0.6) is 11.5 Å². The van der Waals surface area contributed by atoms with E-state index in [0.29, 0.717) is 5.52 Å². The van der Waals surface area contributed by atoms with Crippen molar-refractivity contribution in [1.82, 2.24) is 4.57 Å². The van der Waals surface area contributed by atoms with E-state index in [4.69, 9.17) is 17.3 Å². The molecule has 3 rings (SSSR count). The topological polar surface area (TPSA) is 106 Å². The second-order valence-corrected chi connectivity index (χ2v) is 5.20. The van der Waals surface area contributed by atoms with Crippen LogP contribution < -0.4 is 11.2 Å². The minimum atomic E-state index is -0.852. The van der Waals surface area contributed by atoms with Crippen LogP contribution in [-0.4, -0.2) is 20.7 Å². The van der Waals surface area contributed by atoms with Gasteiger partial charge in [-0.25, -0.2) is 0 Å². The lowest BCUT2D eigenvalue weighted by Crippen LogP contribution is -2.24. The molecule has 1 heterocycles. The number of aromatic hydroxyl groups is 2. The number of pyridine rings is 1. The summed E-state index contributed by atoms with van der Waals surface area (Å²) in [5, 5.41) is 19.0. The van der Waals surface area contributed by atoms with Gasteiger partial charge in [0.15, 0.2) is 11.5 Å². The van der Waals surface area contributed by atoms with Crippen LogP contribution in [0.2, 0.25) is 5.02 Å². The molecular formula is C13H11ClN2O4. The molecule has 1 aromatic heterocycles. The Morgan fingerprint density at radius 2 is 2.05 bits per heavy atom. The summed E-state index contributed by atoms with van der Waals surface area (Å²) >= 11 is 5.93. The van der Waals surface area contributed by atoms with Crippen molar-refractivity contribution >= 4 is 28.4 Å². The summed E-state index contributed by atoms with van der Waals surface area (Å²) in [6.07, 6.45) is 3.18. The number of nitrogens with two attached hydrogens (primary N) is 1. The van der Waals surface area contributed by atoms with E-state index in [0.717, 1.165) is 12.8 Å². The highest BCUT2D eigenvalue weighted by Gasteiger charge is 2.28. The molecule has 0 unspecified atom stereocenters. The number of carbonyl (C=O) groups excluding carboxylic acids is 1. The molecule has 0 spiro atoms. The first-order valence-corrected chi connectivity index (χ1v) is 6.38. The van der Waals surface area contributed by atoms with Crippen molar-refractivity contribution in [3.8, 4) is 11.5 Å². The maximum atomic E-state index is 12.3. The highest BCUT2D eigenvalue weighted by Crippen LogP contribution is 2.42. The highest BCUT2D eigenvalue weighted by molar-refractivity contribution is 6.37. The molecule has 20 heavy (non-hydrogen) atoms. The number of rotatable bonds is 2. The lowest BCUT2D eigenvalue weighted by molar-refractivity contribution is 0.0999. The van der Waals surface area contributed by atoms with Crippen LogP contribution in [0.1, 0.15) is 29.2 Å². The van der Waals surface area contributed by atoms with Gasteiger partial charge in [0.1, 0.15) is 5.56 Å². The van der Waals surface area contributed by atoms with Gasteiger partial charge in [0.05, 0.1) is 15.9 Å². The molecule has 1 aliphatic carbocycles. The predicted molar refractivity (Wildman–Crippen MR) is 73.3 cm³/mol. The largest absolute Gasteiger partial charge is 0.504 e. The van der Waals surface area contributed by atoms with E-state index in [1.54, 1.807) is 4.57 Å². The van der Waals surface area contributed by atoms with E-state index >= 15 is 0 Å². The number of phenolic OH excluding ortho intramolecular Hbond substituents is 2. The lowest BCUT2D eigenvalue weighted by atomic mass is 10.1. The van der Waals surface area contributed by atoms with Crippen molar-refractivity contribution in [2.75, 3.05) is 0 Å². The number of amides is 1. The molecule has 1 saturated carbocycles. The van der Waals surface area contributed by atoms with Crippen molar-refractivity contribution in [2.45, 2.75) is 18.9 Å². The highest BCUT2D eigenvalue weighted by atomic mass is 35.5. The zero-order valence-corrected chi connectivity index (χ0v) is 11.0. The van der Waals surface area contributed by atoms with E-state index in [1.807, 2.05) is 0 Å². The molecule has 4 N–H and O–H groups in total. The molecule has 0 saturated heterocycles. The van der Waals surface area contributed by atoms with E-state index < -0.39 is 22.8 Å². The zero-order chi connectivity index (χ0) is 14.6. The fourth-order valence-electron chi connectivity index (χ4n) is 2.27. The number of carbonyl (C=O) groups is 1. The van der Waals surface area contributed by atoms with Crippen molar-refractivity contribution in [3.05, 3.63) is 33.1 Å². The Hall–Kier alpha value is -2.21. The van der Waals surface area contributed by atoms with E-state index in [1.165, 1.54) is 12.3 Å². The van der Waals surface area contributed by atoms with E-state index in [2.05, 4.69) is 0 Å². The van der Waals surface area contributed by atoms with Crippen LogP contribution in [-0.2, 0) is 0 Å². The summed E-state index contributed by atoms with van der Waals surface area (Å²) < 4.78 is 1.70. The Morgan fingerprint density at radius 1 is 1.40 bits per heavy atom. The maximum absolute atomic E-state index is 12.3. The number of fused-ring (bicyclic) bond motifs is 1. The first-order valence-electron chi connectivity index (χ1n) is 6.01. The minimum absolute atomic E-state index is 0.00910. The molecule has 0 atom stereocenters. The summed E-state index contributed by atoms with van der Waals surface area (Å²) in [4.78, 5) is 23.6. The fourth-order valence-corrected chi connectivity index (χ4v) is 2.54. The second-order valence-electron chi connectivity index (χ2n) is 4.83. The molecule has 1 fully saturated rings. The summed E-state index contributed by atoms with van der Waals surface area (Å²) in [5.74, 6) is -1.85. The molecule has 0 radical (unpaired) electrons. The molecule has 2 aromatic rings. The normalized spacial score (nSPS) is 14.7. The average molecular weight is 295 g/mol. The van der Waals surface area contributed by atoms with Crippen LogP contribution in [0.4, 0.5) is 0 Å². The number of phenols is 2. The Bertz CT molecular complexity index is 808. The first-order chi connectivity index (χ1) is 9.41. The van der Waals surface area contributed by atoms with Gasteiger partial charge in [-0.3, -0.25) is 9.59 Å². The van der Waals surface area contributed by atoms with Crippen LogP contribution in [0.15, 0.2) is 17.1 Å². The minimum Gasteiger partial charge on any atom is -0.504 e. The summed E-state index contributed by atoms with van der Waals surface area (Å²) in [5.41, 5.74) is 4.75. The van der Waals surface area contributed by atoms with E-state index in [9.17, 15) is 19.8 Å². The molecule has 1 aromatic carbocycles. The van der Waals surface area contributed by atoms with Crippen LogP contribution in [0.3, 0.4) is 0 Å². The summed E-state index contributed by atoms with van der Waals surface area (Å²) in [6, 6.07) is 1.40. The average Bonchev–Trinajstić information content (AvgIpc) is 3.20. The predicted octanol–water partition coefficient (Wildman–Crippen LogP) is 1.50. The standard InChI is InChI=1S/C13H11ClN2O4/c14-10-9-7(3-8(17)12(10)19)16(5-1-2-5)4-6(11(9)18)13(15)20/h3-5,17,19H,1-2H2,(H2,15,20). The van der Waals surface area contributed by atoms with Gasteiger partial charge in [0.25, 0.3) is 5.91 Å². The van der Waals surface area contributed by atoms with Crippen molar-refractivity contribution in [2.24, 2.45) is 5.73 Å². The molecule has 104 valence electrons. The molecule has 0 aliphatic heterocycles. The Morgan fingerprint density at radius 3 is 2.60 bits per heavy atom. The van der Waals surface area contributed by atoms with Gasteiger partial charge in [-0.05, 0) is 12.8 Å². The third-order valence-corrected chi connectivity index (χ3v) is 3.79. The van der Waals surface area contributed by atoms with Crippen molar-refractivity contribution in [3.63, 3.8) is 0 Å². The Kier molecular flexibility index (Phi) is 2.65. The molecule has 6 nitrogen and oxygen atoms in total. The number of benzene rings is 1. The number of nitrogens with zero attached hydrogens (tertiary/aromatic N) is 1.